The first-order valence-corrected chi connectivity index (χ1v) is 26.8. The number of allylic oxidation sites excluding steroid dienone is 16. The van der Waals surface area contributed by atoms with Crippen molar-refractivity contribution in [3.63, 3.8) is 0 Å². The molecule has 0 aromatic heterocycles. The molecule has 0 spiro atoms. The van der Waals surface area contributed by atoms with E-state index in [1.54, 1.807) is 0 Å². The largest absolute Gasteiger partial charge is 0.462 e. The molecule has 0 amide bonds. The molecule has 0 aliphatic carbocycles. The number of ether oxygens (including phenoxy) is 3. The number of esters is 3. The average Bonchev–Trinajstić information content (AvgIpc) is 3.30. The normalized spacial score (nSPS) is 12.8. The summed E-state index contributed by atoms with van der Waals surface area (Å²) in [6.45, 7) is 6.39. The van der Waals surface area contributed by atoms with Crippen LogP contribution in [0.4, 0.5) is 0 Å². The Morgan fingerprint density at radius 1 is 0.323 bits per heavy atom. The molecule has 65 heavy (non-hydrogen) atoms. The van der Waals surface area contributed by atoms with Gasteiger partial charge in [0.25, 0.3) is 0 Å². The van der Waals surface area contributed by atoms with E-state index in [0.717, 1.165) is 83.5 Å². The molecule has 0 aromatic carbocycles. The van der Waals surface area contributed by atoms with E-state index >= 15 is 0 Å². The van der Waals surface area contributed by atoms with E-state index in [-0.39, 0.29) is 31.1 Å². The Bertz CT molecular complexity index is 1310. The van der Waals surface area contributed by atoms with E-state index in [0.29, 0.717) is 19.3 Å². The number of carbonyl (C=O) groups excluding carboxylic acids is 3. The van der Waals surface area contributed by atoms with Crippen LogP contribution in [0.5, 0.6) is 0 Å². The molecule has 6 nitrogen and oxygen atoms in total. The lowest BCUT2D eigenvalue weighted by Gasteiger charge is -2.18. The van der Waals surface area contributed by atoms with Crippen LogP contribution in [0.2, 0.25) is 0 Å². The first-order valence-electron chi connectivity index (χ1n) is 26.8. The van der Waals surface area contributed by atoms with Crippen molar-refractivity contribution in [3.05, 3.63) is 97.2 Å². The SMILES string of the molecule is CC/C=C/C=C/C=C/C=C/CCCCCC(=O)OCC(COC(=O)CCCCCCCCCCCC/C=C/C=C/CCCCC)OC(=O)CCCCCCCC/C=C/C=C/CCCCC. The fraction of sp³-hybridized carbons (Fsp3) is 0.678. The lowest BCUT2D eigenvalue weighted by atomic mass is 10.1. The average molecular weight is 903 g/mol. The molecule has 0 fully saturated rings. The van der Waals surface area contributed by atoms with Crippen LogP contribution >= 0.6 is 0 Å². The van der Waals surface area contributed by atoms with Crippen molar-refractivity contribution in [2.45, 2.75) is 245 Å². The monoisotopic (exact) mass is 903 g/mol. The standard InChI is InChI=1S/C59H98O6/c1-4-7-10-13-16-19-22-25-27-28-29-30-32-34-37-40-43-46-49-52-58(61)64-55-56(54-63-57(60)51-48-45-42-39-36-33-24-21-18-15-12-9-6-3)65-59(62)53-50-47-44-41-38-35-31-26-23-20-17-14-11-8-5-2/h9,12,15-26,33,36,56H,4-8,10-11,13-14,27-32,34-35,37-55H2,1-3H3/b12-9+,18-15+,19-16+,20-17+,24-21+,25-22+,26-23+,36-33+. The van der Waals surface area contributed by atoms with Crippen LogP contribution in [0.25, 0.3) is 0 Å². The molecule has 0 aliphatic rings. The molecule has 0 saturated heterocycles. The van der Waals surface area contributed by atoms with Gasteiger partial charge in [-0.05, 0) is 89.9 Å². The zero-order valence-corrected chi connectivity index (χ0v) is 42.2. The van der Waals surface area contributed by atoms with Crippen LogP contribution in [-0.2, 0) is 28.6 Å². The van der Waals surface area contributed by atoms with Gasteiger partial charge < -0.3 is 14.2 Å². The van der Waals surface area contributed by atoms with Gasteiger partial charge in [0.05, 0.1) is 0 Å². The van der Waals surface area contributed by atoms with Gasteiger partial charge in [0.2, 0.25) is 0 Å². The van der Waals surface area contributed by atoms with Crippen molar-refractivity contribution in [2.24, 2.45) is 0 Å². The summed E-state index contributed by atoms with van der Waals surface area (Å²) in [6, 6.07) is 0. The van der Waals surface area contributed by atoms with Gasteiger partial charge in [0.1, 0.15) is 13.2 Å². The minimum absolute atomic E-state index is 0.0978. The predicted molar refractivity (Wildman–Crippen MR) is 279 cm³/mol. The van der Waals surface area contributed by atoms with E-state index in [4.69, 9.17) is 14.2 Å². The van der Waals surface area contributed by atoms with E-state index in [2.05, 4.69) is 81.5 Å². The second-order valence-corrected chi connectivity index (χ2v) is 17.5. The van der Waals surface area contributed by atoms with Crippen LogP contribution in [0.3, 0.4) is 0 Å². The zero-order valence-electron chi connectivity index (χ0n) is 42.2. The van der Waals surface area contributed by atoms with Crippen molar-refractivity contribution >= 4 is 17.9 Å². The van der Waals surface area contributed by atoms with Crippen molar-refractivity contribution < 1.29 is 28.6 Å². The molecule has 1 atom stereocenters. The highest BCUT2D eigenvalue weighted by Crippen LogP contribution is 2.14. The molecule has 0 aliphatic heterocycles. The lowest BCUT2D eigenvalue weighted by molar-refractivity contribution is -0.167. The molecule has 370 valence electrons. The number of rotatable bonds is 47. The fourth-order valence-electron chi connectivity index (χ4n) is 7.14. The summed E-state index contributed by atoms with van der Waals surface area (Å²) in [6.07, 6.45) is 69.6. The molecule has 0 aromatic rings. The van der Waals surface area contributed by atoms with Crippen molar-refractivity contribution in [3.8, 4) is 0 Å². The predicted octanol–water partition coefficient (Wildman–Crippen LogP) is 17.8. The van der Waals surface area contributed by atoms with E-state index in [1.165, 1.54) is 116 Å². The third-order valence-corrected chi connectivity index (χ3v) is 11.2. The Labute approximate surface area is 400 Å². The summed E-state index contributed by atoms with van der Waals surface area (Å²) >= 11 is 0. The summed E-state index contributed by atoms with van der Waals surface area (Å²) in [4.78, 5) is 38.0. The van der Waals surface area contributed by atoms with Gasteiger partial charge in [-0.1, -0.05) is 227 Å². The van der Waals surface area contributed by atoms with E-state index in [9.17, 15) is 14.4 Å². The summed E-state index contributed by atoms with van der Waals surface area (Å²) < 4.78 is 16.8. The van der Waals surface area contributed by atoms with E-state index in [1.807, 2.05) is 36.5 Å². The molecule has 0 saturated carbocycles. The van der Waals surface area contributed by atoms with Gasteiger partial charge in [-0.15, -0.1) is 0 Å². The molecule has 1 unspecified atom stereocenters. The molecular formula is C59H98O6. The van der Waals surface area contributed by atoms with Gasteiger partial charge in [0.15, 0.2) is 6.10 Å². The number of hydrogen-bond acceptors (Lipinski definition) is 6. The molecule has 0 heterocycles. The second kappa shape index (κ2) is 52.9. The van der Waals surface area contributed by atoms with Crippen molar-refractivity contribution in [1.29, 1.82) is 0 Å². The van der Waals surface area contributed by atoms with E-state index < -0.39 is 6.10 Å². The van der Waals surface area contributed by atoms with Crippen LogP contribution in [0, 0.1) is 0 Å². The highest BCUT2D eigenvalue weighted by atomic mass is 16.6. The van der Waals surface area contributed by atoms with Crippen LogP contribution in [0.1, 0.15) is 239 Å². The molecule has 6 heteroatoms. The molecule has 0 rings (SSSR count). The highest BCUT2D eigenvalue weighted by Gasteiger charge is 2.19. The first kappa shape index (κ1) is 61.3. The van der Waals surface area contributed by atoms with Gasteiger partial charge in [-0.2, -0.15) is 0 Å². The zero-order chi connectivity index (χ0) is 47.2. The molecule has 0 radical (unpaired) electrons. The Kier molecular flexibility index (Phi) is 50.0. The first-order chi connectivity index (χ1) is 32.0. The molecule has 0 N–H and O–H groups in total. The summed E-state index contributed by atoms with van der Waals surface area (Å²) in [5, 5.41) is 0. The van der Waals surface area contributed by atoms with Gasteiger partial charge >= 0.3 is 17.9 Å². The van der Waals surface area contributed by atoms with Crippen LogP contribution in [0.15, 0.2) is 97.2 Å². The highest BCUT2D eigenvalue weighted by molar-refractivity contribution is 5.71. The summed E-state index contributed by atoms with van der Waals surface area (Å²) in [5.41, 5.74) is 0. The maximum Gasteiger partial charge on any atom is 0.306 e. The third-order valence-electron chi connectivity index (χ3n) is 11.2. The number of hydrogen-bond donors (Lipinski definition) is 0. The maximum atomic E-state index is 12.8. The fourth-order valence-corrected chi connectivity index (χ4v) is 7.14. The lowest BCUT2D eigenvalue weighted by Crippen LogP contribution is -2.30. The topological polar surface area (TPSA) is 78.9 Å². The Balaban J connectivity index is 4.43. The maximum absolute atomic E-state index is 12.8. The Morgan fingerprint density at radius 3 is 0.969 bits per heavy atom. The van der Waals surface area contributed by atoms with Crippen LogP contribution in [-0.4, -0.2) is 37.2 Å². The van der Waals surface area contributed by atoms with Gasteiger partial charge in [-0.3, -0.25) is 14.4 Å². The molecular weight excluding hydrogens is 805 g/mol. The van der Waals surface area contributed by atoms with Crippen molar-refractivity contribution in [2.75, 3.05) is 13.2 Å². The number of unbranched alkanes of at least 4 members (excludes halogenated alkanes) is 25. The minimum atomic E-state index is -0.802. The van der Waals surface area contributed by atoms with Crippen molar-refractivity contribution in [1.82, 2.24) is 0 Å². The van der Waals surface area contributed by atoms with Gasteiger partial charge in [0, 0.05) is 19.3 Å². The second-order valence-electron chi connectivity index (χ2n) is 17.5. The number of carbonyl (C=O) groups is 3. The Hall–Kier alpha value is -3.67. The smallest absolute Gasteiger partial charge is 0.306 e. The van der Waals surface area contributed by atoms with Gasteiger partial charge in [-0.25, -0.2) is 0 Å². The third kappa shape index (κ3) is 51.2. The summed E-state index contributed by atoms with van der Waals surface area (Å²) in [7, 11) is 0. The summed E-state index contributed by atoms with van der Waals surface area (Å²) in [5.74, 6) is -0.955. The van der Waals surface area contributed by atoms with Crippen LogP contribution < -0.4 is 0 Å². The Morgan fingerprint density at radius 2 is 0.600 bits per heavy atom. The quantitative estimate of drug-likeness (QED) is 0.0262. The molecule has 0 bridgehead atoms. The minimum Gasteiger partial charge on any atom is -0.462 e.